The lowest BCUT2D eigenvalue weighted by Gasteiger charge is -1.89. The maximum absolute atomic E-state index is 8.35. The van der Waals surface area contributed by atoms with Crippen LogP contribution in [0.3, 0.4) is 0 Å². The fourth-order valence-corrected chi connectivity index (χ4v) is 1.02. The first-order valence-corrected chi connectivity index (χ1v) is 4.13. The lowest BCUT2D eigenvalue weighted by atomic mass is 10.3. The SMILES string of the molecule is N#CCCc1cnc(CCC#N)[nH]1. The molecule has 0 fully saturated rings. The standard InChI is InChI=1S/C9H10N4/c10-5-1-3-8-7-12-9(13-8)4-2-6-11/h7H,1-4H2,(H,12,13). The molecule has 66 valence electrons. The highest BCUT2D eigenvalue weighted by Gasteiger charge is 1.99. The predicted octanol–water partition coefficient (Wildman–Crippen LogP) is 1.32. The second-order valence-electron chi connectivity index (χ2n) is 2.67. The van der Waals surface area contributed by atoms with Gasteiger partial charge in [-0.2, -0.15) is 10.5 Å². The number of hydrogen-bond donors (Lipinski definition) is 1. The molecule has 0 amide bonds. The number of imidazole rings is 1. The minimum Gasteiger partial charge on any atom is -0.346 e. The molecule has 0 saturated heterocycles. The van der Waals surface area contributed by atoms with E-state index in [9.17, 15) is 0 Å². The monoisotopic (exact) mass is 174 g/mol. The Balaban J connectivity index is 2.45. The summed E-state index contributed by atoms with van der Waals surface area (Å²) in [4.78, 5) is 7.16. The summed E-state index contributed by atoms with van der Waals surface area (Å²) in [6.45, 7) is 0. The summed E-state index contributed by atoms with van der Waals surface area (Å²) in [5.74, 6) is 0.828. The maximum atomic E-state index is 8.35. The Labute approximate surface area is 76.8 Å². The topological polar surface area (TPSA) is 76.3 Å². The number of nitrogens with one attached hydrogen (secondary N) is 1. The van der Waals surface area contributed by atoms with Gasteiger partial charge < -0.3 is 4.98 Å². The molecule has 4 heteroatoms. The molecule has 1 N–H and O–H groups in total. The van der Waals surface area contributed by atoms with Gasteiger partial charge in [0.1, 0.15) is 5.82 Å². The largest absolute Gasteiger partial charge is 0.346 e. The molecule has 0 aliphatic rings. The molecule has 0 bridgehead atoms. The van der Waals surface area contributed by atoms with Gasteiger partial charge in [-0.25, -0.2) is 4.98 Å². The van der Waals surface area contributed by atoms with Crippen LogP contribution >= 0.6 is 0 Å². The third-order valence-corrected chi connectivity index (χ3v) is 1.66. The Morgan fingerprint density at radius 1 is 1.23 bits per heavy atom. The van der Waals surface area contributed by atoms with Crippen molar-refractivity contribution in [1.82, 2.24) is 9.97 Å². The average Bonchev–Trinajstić information content (AvgIpc) is 2.59. The Morgan fingerprint density at radius 3 is 2.62 bits per heavy atom. The van der Waals surface area contributed by atoms with Gasteiger partial charge in [-0.05, 0) is 0 Å². The van der Waals surface area contributed by atoms with Crippen LogP contribution in [-0.4, -0.2) is 9.97 Å². The minimum atomic E-state index is 0.477. The maximum Gasteiger partial charge on any atom is 0.107 e. The lowest BCUT2D eigenvalue weighted by Crippen LogP contribution is -1.88. The van der Waals surface area contributed by atoms with Crippen molar-refractivity contribution in [2.24, 2.45) is 0 Å². The highest BCUT2D eigenvalue weighted by Crippen LogP contribution is 2.02. The third-order valence-electron chi connectivity index (χ3n) is 1.66. The number of hydrogen-bond acceptors (Lipinski definition) is 3. The molecule has 13 heavy (non-hydrogen) atoms. The van der Waals surface area contributed by atoms with Crippen LogP contribution in [0.4, 0.5) is 0 Å². The van der Waals surface area contributed by atoms with E-state index in [2.05, 4.69) is 22.1 Å². The molecule has 0 aromatic carbocycles. The van der Waals surface area contributed by atoms with Crippen molar-refractivity contribution >= 4 is 0 Å². The normalized spacial score (nSPS) is 9.08. The first-order valence-electron chi connectivity index (χ1n) is 4.13. The molecule has 0 saturated carbocycles. The number of aryl methyl sites for hydroxylation is 2. The molecule has 4 nitrogen and oxygen atoms in total. The van der Waals surface area contributed by atoms with Gasteiger partial charge in [-0.3, -0.25) is 0 Å². The number of aromatic amines is 1. The van der Waals surface area contributed by atoms with Crippen molar-refractivity contribution in [3.05, 3.63) is 17.7 Å². The highest BCUT2D eigenvalue weighted by molar-refractivity contribution is 5.03. The minimum absolute atomic E-state index is 0.477. The van der Waals surface area contributed by atoms with Crippen LogP contribution in [0, 0.1) is 22.7 Å². The van der Waals surface area contributed by atoms with E-state index in [1.54, 1.807) is 6.20 Å². The van der Waals surface area contributed by atoms with Gasteiger partial charge in [0.05, 0.1) is 12.1 Å². The molecule has 0 aliphatic heterocycles. The Morgan fingerprint density at radius 2 is 1.92 bits per heavy atom. The van der Waals surface area contributed by atoms with Gasteiger partial charge in [0.15, 0.2) is 0 Å². The van der Waals surface area contributed by atoms with Crippen LogP contribution in [0.15, 0.2) is 6.20 Å². The molecule has 0 radical (unpaired) electrons. The molecule has 0 aliphatic carbocycles. The summed E-state index contributed by atoms with van der Waals surface area (Å²) in [6, 6.07) is 4.12. The summed E-state index contributed by atoms with van der Waals surface area (Å²) in [5.41, 5.74) is 0.967. The van der Waals surface area contributed by atoms with Crippen LogP contribution in [0.25, 0.3) is 0 Å². The fraction of sp³-hybridized carbons (Fsp3) is 0.444. The van der Waals surface area contributed by atoms with Crippen molar-refractivity contribution in [3.63, 3.8) is 0 Å². The highest BCUT2D eigenvalue weighted by atomic mass is 14.9. The van der Waals surface area contributed by atoms with E-state index >= 15 is 0 Å². The van der Waals surface area contributed by atoms with Gasteiger partial charge in [0, 0.05) is 37.6 Å². The first-order chi connectivity index (χ1) is 6.36. The van der Waals surface area contributed by atoms with E-state index in [0.29, 0.717) is 25.7 Å². The third kappa shape index (κ3) is 2.96. The molecule has 0 atom stereocenters. The molecular formula is C9H10N4. The zero-order valence-electron chi connectivity index (χ0n) is 7.25. The van der Waals surface area contributed by atoms with Crippen LogP contribution in [0.5, 0.6) is 0 Å². The van der Waals surface area contributed by atoms with E-state index < -0.39 is 0 Å². The Bertz CT molecular complexity index is 307. The zero-order chi connectivity index (χ0) is 9.52. The van der Waals surface area contributed by atoms with Crippen LogP contribution in [-0.2, 0) is 12.8 Å². The number of rotatable bonds is 4. The van der Waals surface area contributed by atoms with E-state index in [1.807, 2.05) is 0 Å². The van der Waals surface area contributed by atoms with Gasteiger partial charge >= 0.3 is 0 Å². The van der Waals surface area contributed by atoms with Gasteiger partial charge in [-0.15, -0.1) is 0 Å². The smallest absolute Gasteiger partial charge is 0.107 e. The number of H-pyrrole nitrogens is 1. The van der Waals surface area contributed by atoms with E-state index in [4.69, 9.17) is 10.5 Å². The van der Waals surface area contributed by atoms with Gasteiger partial charge in [-0.1, -0.05) is 0 Å². The Kier molecular flexibility index (Phi) is 3.53. The molecular weight excluding hydrogens is 164 g/mol. The summed E-state index contributed by atoms with van der Waals surface area (Å²) in [5, 5.41) is 16.7. The van der Waals surface area contributed by atoms with Crippen molar-refractivity contribution in [2.75, 3.05) is 0 Å². The average molecular weight is 174 g/mol. The predicted molar refractivity (Wildman–Crippen MR) is 46.5 cm³/mol. The molecule has 0 spiro atoms. The molecule has 1 heterocycles. The zero-order valence-corrected chi connectivity index (χ0v) is 7.25. The van der Waals surface area contributed by atoms with Gasteiger partial charge in [0.2, 0.25) is 0 Å². The Hall–Kier alpha value is -1.81. The second kappa shape index (κ2) is 4.95. The van der Waals surface area contributed by atoms with Crippen molar-refractivity contribution in [1.29, 1.82) is 10.5 Å². The van der Waals surface area contributed by atoms with E-state index in [0.717, 1.165) is 11.5 Å². The first kappa shape index (κ1) is 9.28. The molecule has 1 rings (SSSR count). The second-order valence-corrected chi connectivity index (χ2v) is 2.67. The fourth-order valence-electron chi connectivity index (χ4n) is 1.02. The summed E-state index contributed by atoms with van der Waals surface area (Å²) in [7, 11) is 0. The number of nitriles is 2. The van der Waals surface area contributed by atoms with Crippen molar-refractivity contribution in [3.8, 4) is 12.1 Å². The van der Waals surface area contributed by atoms with Gasteiger partial charge in [0.25, 0.3) is 0 Å². The summed E-state index contributed by atoms with van der Waals surface area (Å²) < 4.78 is 0. The number of nitrogens with zero attached hydrogens (tertiary/aromatic N) is 3. The number of aromatic nitrogens is 2. The molecule has 1 aromatic heterocycles. The van der Waals surface area contributed by atoms with E-state index in [-0.39, 0.29) is 0 Å². The summed E-state index contributed by atoms with van der Waals surface area (Å²) >= 11 is 0. The quantitative estimate of drug-likeness (QED) is 0.747. The van der Waals surface area contributed by atoms with Crippen LogP contribution < -0.4 is 0 Å². The van der Waals surface area contributed by atoms with Crippen LogP contribution in [0.1, 0.15) is 24.4 Å². The van der Waals surface area contributed by atoms with Crippen molar-refractivity contribution in [2.45, 2.75) is 25.7 Å². The lowest BCUT2D eigenvalue weighted by molar-refractivity contribution is 0.894. The van der Waals surface area contributed by atoms with Crippen molar-refractivity contribution < 1.29 is 0 Å². The van der Waals surface area contributed by atoms with Crippen LogP contribution in [0.2, 0.25) is 0 Å². The molecule has 0 unspecified atom stereocenters. The summed E-state index contributed by atoms with van der Waals surface area (Å²) in [6.07, 6.45) is 4.06. The molecule has 1 aromatic rings. The van der Waals surface area contributed by atoms with E-state index in [1.165, 1.54) is 0 Å².